The highest BCUT2D eigenvalue weighted by atomic mass is 16.5. The van der Waals surface area contributed by atoms with Crippen molar-refractivity contribution in [3.05, 3.63) is 64.3 Å². The fraction of sp³-hybridized carbons (Fsp3) is 0.519. The molecule has 0 spiro atoms. The van der Waals surface area contributed by atoms with Crippen molar-refractivity contribution in [2.24, 2.45) is 0 Å². The first kappa shape index (κ1) is 21.6. The monoisotopic (exact) mass is 392 g/mol. The van der Waals surface area contributed by atoms with Gasteiger partial charge in [0.05, 0.1) is 6.61 Å². The van der Waals surface area contributed by atoms with Gasteiger partial charge in [-0.3, -0.25) is 0 Å². The summed E-state index contributed by atoms with van der Waals surface area (Å²) >= 11 is 0. The van der Waals surface area contributed by atoms with Crippen molar-refractivity contribution in [1.82, 2.24) is 0 Å². The molecule has 2 aliphatic carbocycles. The molecule has 0 unspecified atom stereocenters. The molecule has 29 heavy (non-hydrogen) atoms. The minimum Gasteiger partial charge on any atom is -0.463 e. The lowest BCUT2D eigenvalue weighted by molar-refractivity contribution is -0.137. The minimum atomic E-state index is -0.269. The largest absolute Gasteiger partial charge is 0.463 e. The highest BCUT2D eigenvalue weighted by Gasteiger charge is 2.37. The van der Waals surface area contributed by atoms with E-state index in [-0.39, 0.29) is 16.8 Å². The van der Waals surface area contributed by atoms with Gasteiger partial charge in [0.2, 0.25) is 0 Å². The van der Waals surface area contributed by atoms with Gasteiger partial charge in [-0.05, 0) is 90.2 Å². The van der Waals surface area contributed by atoms with Crippen molar-refractivity contribution >= 4 is 11.5 Å². The second kappa shape index (κ2) is 8.34. The number of rotatable bonds is 5. The van der Waals surface area contributed by atoms with Gasteiger partial charge in [-0.25, -0.2) is 4.79 Å². The summed E-state index contributed by atoms with van der Waals surface area (Å²) < 4.78 is 5.00. The maximum absolute atomic E-state index is 11.6. The van der Waals surface area contributed by atoms with Crippen LogP contribution in [0.25, 0.3) is 5.57 Å². The fourth-order valence-corrected chi connectivity index (χ4v) is 4.71. The second-order valence-electron chi connectivity index (χ2n) is 9.86. The predicted octanol–water partition coefficient (Wildman–Crippen LogP) is 7.04. The maximum atomic E-state index is 11.6. The van der Waals surface area contributed by atoms with Crippen molar-refractivity contribution in [2.45, 2.75) is 84.5 Å². The van der Waals surface area contributed by atoms with Gasteiger partial charge in [0, 0.05) is 6.08 Å². The third kappa shape index (κ3) is 4.74. The number of carbonyl (C=O) groups excluding carboxylic acids is 1. The smallest absolute Gasteiger partial charge is 0.330 e. The summed E-state index contributed by atoms with van der Waals surface area (Å²) in [5.41, 5.74) is 8.68. The number of carbonyl (C=O) groups is 1. The van der Waals surface area contributed by atoms with E-state index in [0.717, 1.165) is 18.4 Å². The third-order valence-electron chi connectivity index (χ3n) is 6.64. The molecule has 0 aliphatic heterocycles. The number of benzene rings is 1. The molecule has 0 radical (unpaired) electrons. The molecule has 0 amide bonds. The van der Waals surface area contributed by atoms with E-state index in [1.54, 1.807) is 6.08 Å². The Labute approximate surface area is 176 Å². The van der Waals surface area contributed by atoms with E-state index in [1.807, 2.05) is 19.9 Å². The molecule has 1 aromatic rings. The van der Waals surface area contributed by atoms with E-state index in [2.05, 4.69) is 52.0 Å². The SMILES string of the molecule is CCOC(=O)/C=C(C)/C=C/C1=C(c2ccc3c(c2)C(C)(C)CCC3(C)C)CCC1. The number of hydrogen-bond acceptors (Lipinski definition) is 2. The van der Waals surface area contributed by atoms with Crippen LogP contribution in [-0.2, 0) is 20.4 Å². The Bertz CT molecular complexity index is 878. The van der Waals surface area contributed by atoms with Crippen LogP contribution in [0.15, 0.2) is 47.6 Å². The highest BCUT2D eigenvalue weighted by Crippen LogP contribution is 2.47. The van der Waals surface area contributed by atoms with Gasteiger partial charge in [0.15, 0.2) is 0 Å². The minimum absolute atomic E-state index is 0.231. The van der Waals surface area contributed by atoms with Gasteiger partial charge in [-0.15, -0.1) is 0 Å². The van der Waals surface area contributed by atoms with Gasteiger partial charge in [0.1, 0.15) is 0 Å². The van der Waals surface area contributed by atoms with Crippen LogP contribution in [0.4, 0.5) is 0 Å². The second-order valence-corrected chi connectivity index (χ2v) is 9.86. The quantitative estimate of drug-likeness (QED) is 0.305. The number of fused-ring (bicyclic) bond motifs is 1. The van der Waals surface area contributed by atoms with Crippen LogP contribution in [0.2, 0.25) is 0 Å². The van der Waals surface area contributed by atoms with Crippen molar-refractivity contribution in [1.29, 1.82) is 0 Å². The standard InChI is InChI=1S/C27H36O2/c1-7-29-25(28)17-19(2)11-12-20-9-8-10-22(20)21-13-14-23-24(18-21)27(5,6)16-15-26(23,3)4/h11-14,17-18H,7-10,15-16H2,1-6H3/b12-11+,19-17+. The Kier molecular flexibility index (Phi) is 6.22. The molecule has 0 aromatic heterocycles. The van der Waals surface area contributed by atoms with Crippen LogP contribution in [0.3, 0.4) is 0 Å². The molecule has 156 valence electrons. The molecular formula is C27H36O2. The zero-order valence-corrected chi connectivity index (χ0v) is 19.0. The van der Waals surface area contributed by atoms with E-state index < -0.39 is 0 Å². The summed E-state index contributed by atoms with van der Waals surface area (Å²) in [5, 5.41) is 0. The molecule has 2 aliphatic rings. The predicted molar refractivity (Wildman–Crippen MR) is 122 cm³/mol. The Balaban J connectivity index is 1.93. The first-order chi connectivity index (χ1) is 13.6. The van der Waals surface area contributed by atoms with Crippen molar-refractivity contribution in [2.75, 3.05) is 6.61 Å². The van der Waals surface area contributed by atoms with Gasteiger partial charge >= 0.3 is 5.97 Å². The summed E-state index contributed by atoms with van der Waals surface area (Å²) in [4.78, 5) is 11.6. The van der Waals surface area contributed by atoms with E-state index in [0.29, 0.717) is 6.61 Å². The van der Waals surface area contributed by atoms with Crippen LogP contribution >= 0.6 is 0 Å². The van der Waals surface area contributed by atoms with E-state index in [4.69, 9.17) is 4.74 Å². The van der Waals surface area contributed by atoms with Crippen molar-refractivity contribution < 1.29 is 9.53 Å². The Morgan fingerprint density at radius 3 is 2.45 bits per heavy atom. The van der Waals surface area contributed by atoms with Crippen LogP contribution in [0.5, 0.6) is 0 Å². The first-order valence-corrected chi connectivity index (χ1v) is 11.0. The summed E-state index contributed by atoms with van der Waals surface area (Å²) in [6, 6.07) is 7.17. The van der Waals surface area contributed by atoms with Crippen molar-refractivity contribution in [3.63, 3.8) is 0 Å². The molecule has 3 rings (SSSR count). The van der Waals surface area contributed by atoms with Crippen LogP contribution in [0.1, 0.15) is 90.3 Å². The average molecular weight is 393 g/mol. The number of esters is 1. The lowest BCUT2D eigenvalue weighted by Gasteiger charge is -2.42. The zero-order chi connectivity index (χ0) is 21.2. The molecule has 0 heterocycles. The van der Waals surface area contributed by atoms with Crippen LogP contribution < -0.4 is 0 Å². The lowest BCUT2D eigenvalue weighted by Crippen LogP contribution is -2.33. The highest BCUT2D eigenvalue weighted by molar-refractivity contribution is 5.83. The van der Waals surface area contributed by atoms with Crippen LogP contribution in [0, 0.1) is 0 Å². The van der Waals surface area contributed by atoms with Gasteiger partial charge in [0.25, 0.3) is 0 Å². The molecule has 1 aromatic carbocycles. The number of ether oxygens (including phenoxy) is 1. The Morgan fingerprint density at radius 1 is 1.07 bits per heavy atom. The fourth-order valence-electron chi connectivity index (χ4n) is 4.71. The molecule has 0 fully saturated rings. The molecule has 2 heteroatoms. The Hall–Kier alpha value is -2.09. The first-order valence-electron chi connectivity index (χ1n) is 11.0. The van der Waals surface area contributed by atoms with Crippen molar-refractivity contribution in [3.8, 4) is 0 Å². The summed E-state index contributed by atoms with van der Waals surface area (Å²) in [5.74, 6) is -0.269. The van der Waals surface area contributed by atoms with Crippen LogP contribution in [-0.4, -0.2) is 12.6 Å². The van der Waals surface area contributed by atoms with Gasteiger partial charge in [-0.1, -0.05) is 58.0 Å². The molecule has 0 bridgehead atoms. The normalized spacial score (nSPS) is 20.8. The molecule has 2 nitrogen and oxygen atoms in total. The van der Waals surface area contributed by atoms with E-state index in [9.17, 15) is 4.79 Å². The number of hydrogen-bond donors (Lipinski definition) is 0. The lowest BCUT2D eigenvalue weighted by atomic mass is 9.63. The average Bonchev–Trinajstić information content (AvgIpc) is 3.12. The topological polar surface area (TPSA) is 26.3 Å². The summed E-state index contributed by atoms with van der Waals surface area (Å²) in [6.07, 6.45) is 11.7. The molecule has 0 N–H and O–H groups in total. The summed E-state index contributed by atoms with van der Waals surface area (Å²) in [7, 11) is 0. The Morgan fingerprint density at radius 2 is 1.76 bits per heavy atom. The molecule has 0 saturated heterocycles. The maximum Gasteiger partial charge on any atom is 0.330 e. The van der Waals surface area contributed by atoms with E-state index >= 15 is 0 Å². The molecule has 0 atom stereocenters. The summed E-state index contributed by atoms with van der Waals surface area (Å²) in [6.45, 7) is 13.7. The van der Waals surface area contributed by atoms with Gasteiger partial charge < -0.3 is 4.74 Å². The van der Waals surface area contributed by atoms with E-state index in [1.165, 1.54) is 47.1 Å². The van der Waals surface area contributed by atoms with Gasteiger partial charge in [-0.2, -0.15) is 0 Å². The molecular weight excluding hydrogens is 356 g/mol. The third-order valence-corrected chi connectivity index (χ3v) is 6.64. The number of allylic oxidation sites excluding steroid dienone is 5. The molecule has 0 saturated carbocycles. The zero-order valence-electron chi connectivity index (χ0n) is 19.0.